The van der Waals surface area contributed by atoms with Gasteiger partial charge in [-0.05, 0) is 24.5 Å². The Balaban J connectivity index is 2.13. The molecule has 20 heavy (non-hydrogen) atoms. The maximum atomic E-state index is 9.51. The summed E-state index contributed by atoms with van der Waals surface area (Å²) in [5.41, 5.74) is 2.24. The van der Waals surface area contributed by atoms with Gasteiger partial charge in [0.1, 0.15) is 0 Å². The lowest BCUT2D eigenvalue weighted by Crippen LogP contribution is -2.33. The van der Waals surface area contributed by atoms with Gasteiger partial charge in [0.15, 0.2) is 0 Å². The van der Waals surface area contributed by atoms with Gasteiger partial charge in [-0.1, -0.05) is 23.7 Å². The molecule has 5 heteroatoms. The number of hydrogen-bond donors (Lipinski definition) is 2. The number of anilines is 1. The quantitative estimate of drug-likeness (QED) is 0.756. The molecule has 1 unspecified atom stereocenters. The third kappa shape index (κ3) is 3.64. The van der Waals surface area contributed by atoms with Gasteiger partial charge in [0.2, 0.25) is 0 Å². The van der Waals surface area contributed by atoms with E-state index in [-0.39, 0.29) is 12.6 Å². The van der Waals surface area contributed by atoms with E-state index < -0.39 is 0 Å². The highest BCUT2D eigenvalue weighted by atomic mass is 35.5. The fraction of sp³-hybridized carbons (Fsp3) is 0.600. The minimum absolute atomic E-state index is 0.182. The third-order valence-corrected chi connectivity index (χ3v) is 4.05. The van der Waals surface area contributed by atoms with Gasteiger partial charge in [0.25, 0.3) is 0 Å². The molecular weight excluding hydrogens is 276 g/mol. The Morgan fingerprint density at radius 1 is 1.50 bits per heavy atom. The largest absolute Gasteiger partial charge is 0.394 e. The summed E-state index contributed by atoms with van der Waals surface area (Å²) in [5.74, 6) is 0. The van der Waals surface area contributed by atoms with E-state index in [9.17, 15) is 5.11 Å². The van der Waals surface area contributed by atoms with Gasteiger partial charge in [0, 0.05) is 26.7 Å². The summed E-state index contributed by atoms with van der Waals surface area (Å²) in [5, 5.41) is 13.6. The summed E-state index contributed by atoms with van der Waals surface area (Å²) >= 11 is 6.40. The number of ether oxygens (including phenoxy) is 1. The molecular formula is C15H23ClN2O2. The van der Waals surface area contributed by atoms with E-state index >= 15 is 0 Å². The summed E-state index contributed by atoms with van der Waals surface area (Å²) in [6.45, 7) is 3.40. The average molecular weight is 299 g/mol. The number of halogens is 1. The first kappa shape index (κ1) is 15.6. The second-order valence-corrected chi connectivity index (χ2v) is 5.50. The van der Waals surface area contributed by atoms with Crippen molar-refractivity contribution in [2.24, 2.45) is 0 Å². The molecule has 1 saturated heterocycles. The highest BCUT2D eigenvalue weighted by molar-refractivity contribution is 6.33. The van der Waals surface area contributed by atoms with Crippen LogP contribution < -0.4 is 10.2 Å². The molecule has 0 radical (unpaired) electrons. The maximum Gasteiger partial charge on any atom is 0.0643 e. The van der Waals surface area contributed by atoms with E-state index in [1.807, 2.05) is 12.1 Å². The SMILES string of the molecule is COCCNCc1cccc(Cl)c1N1CCCC1CO. The summed E-state index contributed by atoms with van der Waals surface area (Å²) in [6, 6.07) is 6.17. The van der Waals surface area contributed by atoms with E-state index in [1.165, 1.54) is 5.56 Å². The minimum Gasteiger partial charge on any atom is -0.394 e. The zero-order valence-electron chi connectivity index (χ0n) is 11.9. The lowest BCUT2D eigenvalue weighted by atomic mass is 10.1. The first-order valence-electron chi connectivity index (χ1n) is 7.12. The highest BCUT2D eigenvalue weighted by Crippen LogP contribution is 2.34. The molecule has 0 amide bonds. The molecule has 0 spiro atoms. The molecule has 1 aromatic carbocycles. The van der Waals surface area contributed by atoms with Crippen molar-refractivity contribution in [3.63, 3.8) is 0 Å². The van der Waals surface area contributed by atoms with Crippen LogP contribution in [0.1, 0.15) is 18.4 Å². The Bertz CT molecular complexity index is 428. The first-order valence-corrected chi connectivity index (χ1v) is 7.50. The molecule has 1 aliphatic rings. The molecule has 1 fully saturated rings. The fourth-order valence-electron chi connectivity index (χ4n) is 2.74. The number of hydrogen-bond acceptors (Lipinski definition) is 4. The Morgan fingerprint density at radius 2 is 2.35 bits per heavy atom. The lowest BCUT2D eigenvalue weighted by molar-refractivity contribution is 0.199. The summed E-state index contributed by atoms with van der Waals surface area (Å²) < 4.78 is 5.04. The van der Waals surface area contributed by atoms with Crippen molar-refractivity contribution in [3.05, 3.63) is 28.8 Å². The number of aliphatic hydroxyl groups excluding tert-OH is 1. The molecule has 0 aliphatic carbocycles. The molecule has 1 aromatic rings. The lowest BCUT2D eigenvalue weighted by Gasteiger charge is -2.28. The van der Waals surface area contributed by atoms with Crippen LogP contribution in [0.3, 0.4) is 0 Å². The predicted octanol–water partition coefficient (Wildman–Crippen LogP) is 2.04. The number of benzene rings is 1. The van der Waals surface area contributed by atoms with Crippen LogP contribution in [-0.4, -0.2) is 44.6 Å². The van der Waals surface area contributed by atoms with Gasteiger partial charge in [-0.25, -0.2) is 0 Å². The zero-order valence-corrected chi connectivity index (χ0v) is 12.7. The topological polar surface area (TPSA) is 44.7 Å². The first-order chi connectivity index (χ1) is 9.77. The average Bonchev–Trinajstić information content (AvgIpc) is 2.91. The second kappa shape index (κ2) is 7.84. The smallest absolute Gasteiger partial charge is 0.0643 e. The Kier molecular flexibility index (Phi) is 6.10. The van der Waals surface area contributed by atoms with E-state index in [2.05, 4.69) is 16.3 Å². The van der Waals surface area contributed by atoms with Crippen LogP contribution in [0.5, 0.6) is 0 Å². The van der Waals surface area contributed by atoms with Crippen molar-refractivity contribution in [1.29, 1.82) is 0 Å². The van der Waals surface area contributed by atoms with Crippen LogP contribution in [0.25, 0.3) is 0 Å². The number of rotatable bonds is 7. The normalized spacial score (nSPS) is 18.8. The standard InChI is InChI=1S/C15H23ClN2O2/c1-20-9-7-17-10-12-4-2-6-14(16)15(12)18-8-3-5-13(18)11-19/h2,4,6,13,17,19H,3,5,7-11H2,1H3. The van der Waals surface area contributed by atoms with Crippen molar-refractivity contribution in [2.45, 2.75) is 25.4 Å². The van der Waals surface area contributed by atoms with Crippen molar-refractivity contribution in [1.82, 2.24) is 5.32 Å². The molecule has 0 saturated carbocycles. The van der Waals surface area contributed by atoms with Crippen molar-refractivity contribution >= 4 is 17.3 Å². The van der Waals surface area contributed by atoms with Crippen LogP contribution >= 0.6 is 11.6 Å². The summed E-state index contributed by atoms with van der Waals surface area (Å²) in [7, 11) is 1.70. The Hall–Kier alpha value is -0.810. The van der Waals surface area contributed by atoms with Gasteiger partial charge in [-0.2, -0.15) is 0 Å². The predicted molar refractivity (Wildman–Crippen MR) is 82.5 cm³/mol. The number of nitrogens with zero attached hydrogens (tertiary/aromatic N) is 1. The van der Waals surface area contributed by atoms with E-state index in [0.717, 1.165) is 43.2 Å². The van der Waals surface area contributed by atoms with Crippen LogP contribution in [0, 0.1) is 0 Å². The van der Waals surface area contributed by atoms with Gasteiger partial charge in [-0.15, -0.1) is 0 Å². The molecule has 1 aliphatic heterocycles. The monoisotopic (exact) mass is 298 g/mol. The van der Waals surface area contributed by atoms with E-state index in [1.54, 1.807) is 7.11 Å². The summed E-state index contributed by atoms with van der Waals surface area (Å²) in [4.78, 5) is 2.25. The van der Waals surface area contributed by atoms with Crippen molar-refractivity contribution < 1.29 is 9.84 Å². The molecule has 0 bridgehead atoms. The van der Waals surface area contributed by atoms with Crippen LogP contribution in [-0.2, 0) is 11.3 Å². The molecule has 0 aromatic heterocycles. The van der Waals surface area contributed by atoms with Crippen LogP contribution in [0.15, 0.2) is 18.2 Å². The zero-order chi connectivity index (χ0) is 14.4. The number of para-hydroxylation sites is 1. The molecule has 4 nitrogen and oxygen atoms in total. The van der Waals surface area contributed by atoms with Gasteiger partial charge in [-0.3, -0.25) is 0 Å². The van der Waals surface area contributed by atoms with Crippen LogP contribution in [0.2, 0.25) is 5.02 Å². The number of methoxy groups -OCH3 is 1. The molecule has 2 N–H and O–H groups in total. The van der Waals surface area contributed by atoms with Gasteiger partial charge in [0.05, 0.1) is 30.0 Å². The third-order valence-electron chi connectivity index (χ3n) is 3.74. The molecule has 2 rings (SSSR count). The van der Waals surface area contributed by atoms with E-state index in [0.29, 0.717) is 6.61 Å². The number of nitrogens with one attached hydrogen (secondary N) is 1. The molecule has 1 heterocycles. The summed E-state index contributed by atoms with van der Waals surface area (Å²) in [6.07, 6.45) is 2.13. The van der Waals surface area contributed by atoms with Crippen LogP contribution in [0.4, 0.5) is 5.69 Å². The highest BCUT2D eigenvalue weighted by Gasteiger charge is 2.27. The van der Waals surface area contributed by atoms with Crippen molar-refractivity contribution in [2.75, 3.05) is 38.3 Å². The number of aliphatic hydroxyl groups is 1. The second-order valence-electron chi connectivity index (χ2n) is 5.09. The van der Waals surface area contributed by atoms with Crippen molar-refractivity contribution in [3.8, 4) is 0 Å². The fourth-order valence-corrected chi connectivity index (χ4v) is 3.04. The molecule has 112 valence electrons. The van der Waals surface area contributed by atoms with E-state index in [4.69, 9.17) is 16.3 Å². The Labute approximate surface area is 125 Å². The minimum atomic E-state index is 0.182. The Morgan fingerprint density at radius 3 is 3.10 bits per heavy atom. The molecule has 1 atom stereocenters. The van der Waals surface area contributed by atoms with Gasteiger partial charge < -0.3 is 20.1 Å². The maximum absolute atomic E-state index is 9.51. The van der Waals surface area contributed by atoms with Gasteiger partial charge >= 0.3 is 0 Å².